The van der Waals surface area contributed by atoms with Gasteiger partial charge in [0.05, 0.1) is 6.61 Å². The third kappa shape index (κ3) is 10.6. The van der Waals surface area contributed by atoms with E-state index in [9.17, 15) is 0 Å². The van der Waals surface area contributed by atoms with Crippen molar-refractivity contribution in [2.45, 2.75) is 46.5 Å². The fourth-order valence-corrected chi connectivity index (χ4v) is 1.55. The Morgan fingerprint density at radius 3 is 2.50 bits per heavy atom. The highest BCUT2D eigenvalue weighted by atomic mass is 16.5. The van der Waals surface area contributed by atoms with Crippen LogP contribution in [0.15, 0.2) is 30.8 Å². The van der Waals surface area contributed by atoms with Crippen LogP contribution in [0.2, 0.25) is 0 Å². The Kier molecular flexibility index (Phi) is 13.2. The molecule has 0 spiro atoms. The van der Waals surface area contributed by atoms with Crippen LogP contribution < -0.4 is 10.1 Å². The van der Waals surface area contributed by atoms with Crippen molar-refractivity contribution in [3.63, 3.8) is 0 Å². The summed E-state index contributed by atoms with van der Waals surface area (Å²) in [4.78, 5) is 0. The highest BCUT2D eigenvalue weighted by Gasteiger charge is 1.92. The van der Waals surface area contributed by atoms with Crippen molar-refractivity contribution in [3.05, 3.63) is 36.4 Å². The molecule has 20 heavy (non-hydrogen) atoms. The maximum atomic E-state index is 5.45. The van der Waals surface area contributed by atoms with Gasteiger partial charge in [-0.3, -0.25) is 0 Å². The second kappa shape index (κ2) is 14.1. The van der Waals surface area contributed by atoms with E-state index in [0.717, 1.165) is 24.3 Å². The monoisotopic (exact) mass is 277 g/mol. The molecule has 0 radical (unpaired) electrons. The van der Waals surface area contributed by atoms with Crippen LogP contribution in [-0.2, 0) is 0 Å². The highest BCUT2D eigenvalue weighted by Crippen LogP contribution is 2.13. The SMILES string of the molecule is C=Cc1cccc(OCCC)c1.CCCCNCCC. The lowest BCUT2D eigenvalue weighted by molar-refractivity contribution is 0.317. The minimum Gasteiger partial charge on any atom is -0.494 e. The van der Waals surface area contributed by atoms with Crippen molar-refractivity contribution in [1.29, 1.82) is 0 Å². The first-order chi connectivity index (χ1) is 9.78. The van der Waals surface area contributed by atoms with Gasteiger partial charge in [-0.25, -0.2) is 0 Å². The smallest absolute Gasteiger partial charge is 0.119 e. The van der Waals surface area contributed by atoms with Crippen molar-refractivity contribution in [1.82, 2.24) is 5.32 Å². The first-order valence-electron chi connectivity index (χ1n) is 7.84. The minimum atomic E-state index is 0.778. The second-order valence-corrected chi connectivity index (χ2v) is 4.73. The van der Waals surface area contributed by atoms with E-state index in [1.54, 1.807) is 0 Å². The minimum absolute atomic E-state index is 0.778. The van der Waals surface area contributed by atoms with E-state index >= 15 is 0 Å². The standard InChI is InChI=1S/C11H14O.C7H17N/c1-3-8-12-11-7-5-6-10(4-2)9-11;1-3-5-7-8-6-4-2/h4-7,9H,2-3,8H2,1H3;8H,3-7H2,1-2H3. The van der Waals surface area contributed by atoms with E-state index in [1.165, 1.54) is 32.4 Å². The molecular formula is C18H31NO. The maximum Gasteiger partial charge on any atom is 0.119 e. The molecule has 1 aromatic rings. The Morgan fingerprint density at radius 2 is 1.90 bits per heavy atom. The van der Waals surface area contributed by atoms with Crippen LogP contribution >= 0.6 is 0 Å². The van der Waals surface area contributed by atoms with Crippen LogP contribution in [0.4, 0.5) is 0 Å². The van der Waals surface area contributed by atoms with E-state index in [2.05, 4.69) is 32.7 Å². The van der Waals surface area contributed by atoms with Crippen LogP contribution in [0, 0.1) is 0 Å². The third-order valence-electron chi connectivity index (χ3n) is 2.70. The average Bonchev–Trinajstić information content (AvgIpc) is 2.50. The number of benzene rings is 1. The molecule has 1 aromatic carbocycles. The van der Waals surface area contributed by atoms with Crippen molar-refractivity contribution >= 4 is 6.08 Å². The zero-order valence-corrected chi connectivity index (χ0v) is 13.5. The summed E-state index contributed by atoms with van der Waals surface area (Å²) < 4.78 is 5.45. The predicted octanol–water partition coefficient (Wildman–Crippen LogP) is 4.90. The van der Waals surface area contributed by atoms with Gasteiger partial charge in [0, 0.05) is 0 Å². The van der Waals surface area contributed by atoms with Gasteiger partial charge in [-0.05, 0) is 50.0 Å². The first kappa shape index (κ1) is 18.7. The average molecular weight is 277 g/mol. The lowest BCUT2D eigenvalue weighted by Gasteiger charge is -2.04. The highest BCUT2D eigenvalue weighted by molar-refractivity contribution is 5.49. The van der Waals surface area contributed by atoms with Gasteiger partial charge < -0.3 is 10.1 Å². The number of hydrogen-bond acceptors (Lipinski definition) is 2. The molecule has 0 bridgehead atoms. The fourth-order valence-electron chi connectivity index (χ4n) is 1.55. The molecule has 0 atom stereocenters. The number of nitrogens with one attached hydrogen (secondary N) is 1. The van der Waals surface area contributed by atoms with Gasteiger partial charge in [0.1, 0.15) is 5.75 Å². The van der Waals surface area contributed by atoms with Gasteiger partial charge in [-0.2, -0.15) is 0 Å². The summed E-state index contributed by atoms with van der Waals surface area (Å²) >= 11 is 0. The molecule has 0 heterocycles. The molecular weight excluding hydrogens is 246 g/mol. The fraction of sp³-hybridized carbons (Fsp3) is 0.556. The van der Waals surface area contributed by atoms with Crippen molar-refractivity contribution in [2.24, 2.45) is 0 Å². The van der Waals surface area contributed by atoms with Crippen molar-refractivity contribution in [2.75, 3.05) is 19.7 Å². The quantitative estimate of drug-likeness (QED) is 0.648. The maximum absolute atomic E-state index is 5.45. The molecule has 2 heteroatoms. The molecule has 2 nitrogen and oxygen atoms in total. The summed E-state index contributed by atoms with van der Waals surface area (Å²) in [5.74, 6) is 0.925. The van der Waals surface area contributed by atoms with Gasteiger partial charge >= 0.3 is 0 Å². The topological polar surface area (TPSA) is 21.3 Å². The Bertz CT molecular complexity index is 330. The van der Waals surface area contributed by atoms with Crippen LogP contribution in [0.1, 0.15) is 52.0 Å². The normalized spacial score (nSPS) is 9.55. The van der Waals surface area contributed by atoms with Gasteiger partial charge in [-0.1, -0.05) is 52.0 Å². The molecule has 0 amide bonds. The van der Waals surface area contributed by atoms with Gasteiger partial charge in [0.25, 0.3) is 0 Å². The molecule has 0 saturated heterocycles. The van der Waals surface area contributed by atoms with Gasteiger partial charge in [-0.15, -0.1) is 0 Å². The predicted molar refractivity (Wildman–Crippen MR) is 90.4 cm³/mol. The number of unbranched alkanes of at least 4 members (excludes halogenated alkanes) is 1. The van der Waals surface area contributed by atoms with Crippen LogP contribution in [0.5, 0.6) is 5.75 Å². The zero-order valence-electron chi connectivity index (χ0n) is 13.5. The summed E-state index contributed by atoms with van der Waals surface area (Å²) in [7, 11) is 0. The molecule has 0 saturated carbocycles. The molecule has 0 aliphatic rings. The molecule has 0 unspecified atom stereocenters. The Balaban J connectivity index is 0.000000396. The number of ether oxygens (including phenoxy) is 1. The summed E-state index contributed by atoms with van der Waals surface area (Å²) in [5, 5.41) is 3.34. The van der Waals surface area contributed by atoms with E-state index in [-0.39, 0.29) is 0 Å². The Morgan fingerprint density at radius 1 is 1.10 bits per heavy atom. The third-order valence-corrected chi connectivity index (χ3v) is 2.70. The summed E-state index contributed by atoms with van der Waals surface area (Å²) in [5.41, 5.74) is 1.10. The lowest BCUT2D eigenvalue weighted by atomic mass is 10.2. The zero-order chi connectivity index (χ0) is 15.1. The number of rotatable bonds is 9. The second-order valence-electron chi connectivity index (χ2n) is 4.73. The molecule has 0 aliphatic heterocycles. The van der Waals surface area contributed by atoms with Gasteiger partial charge in [0.15, 0.2) is 0 Å². The summed E-state index contributed by atoms with van der Waals surface area (Å²) in [6, 6.07) is 7.93. The Hall–Kier alpha value is -1.28. The van der Waals surface area contributed by atoms with Crippen LogP contribution in [0.25, 0.3) is 6.08 Å². The Labute approximate surface area is 125 Å². The summed E-state index contributed by atoms with van der Waals surface area (Å²) in [6.07, 6.45) is 6.73. The van der Waals surface area contributed by atoms with Crippen molar-refractivity contribution < 1.29 is 4.74 Å². The molecule has 0 aromatic heterocycles. The van der Waals surface area contributed by atoms with E-state index < -0.39 is 0 Å². The van der Waals surface area contributed by atoms with Crippen LogP contribution in [-0.4, -0.2) is 19.7 Å². The number of hydrogen-bond donors (Lipinski definition) is 1. The van der Waals surface area contributed by atoms with E-state index in [4.69, 9.17) is 4.74 Å². The van der Waals surface area contributed by atoms with E-state index in [1.807, 2.05) is 30.3 Å². The van der Waals surface area contributed by atoms with Crippen LogP contribution in [0.3, 0.4) is 0 Å². The first-order valence-corrected chi connectivity index (χ1v) is 7.84. The van der Waals surface area contributed by atoms with E-state index in [0.29, 0.717) is 0 Å². The lowest BCUT2D eigenvalue weighted by Crippen LogP contribution is -2.15. The molecule has 114 valence electrons. The summed E-state index contributed by atoms with van der Waals surface area (Å²) in [6.45, 7) is 13.4. The molecule has 0 aliphatic carbocycles. The van der Waals surface area contributed by atoms with Gasteiger partial charge in [0.2, 0.25) is 0 Å². The molecule has 0 fully saturated rings. The molecule has 1 rings (SSSR count). The molecule has 1 N–H and O–H groups in total. The van der Waals surface area contributed by atoms with Crippen molar-refractivity contribution in [3.8, 4) is 5.75 Å². The largest absolute Gasteiger partial charge is 0.494 e.